The lowest BCUT2D eigenvalue weighted by Crippen LogP contribution is -2.49. The number of hydrogen-bond donors (Lipinski definition) is 0. The lowest BCUT2D eigenvalue weighted by atomic mass is 9.76. The number of pyridine rings is 1. The van der Waals surface area contributed by atoms with Gasteiger partial charge in [0.25, 0.3) is 5.91 Å². The van der Waals surface area contributed by atoms with Gasteiger partial charge >= 0.3 is 0 Å². The Balaban J connectivity index is 1.12. The first-order valence-electron chi connectivity index (χ1n) is 14.5. The highest BCUT2D eigenvalue weighted by atomic mass is 35.5. The molecule has 39 heavy (non-hydrogen) atoms. The summed E-state index contributed by atoms with van der Waals surface area (Å²) in [5.74, 6) is 1.87. The second-order valence-corrected chi connectivity index (χ2v) is 12.2. The van der Waals surface area contributed by atoms with E-state index in [2.05, 4.69) is 9.88 Å². The van der Waals surface area contributed by atoms with Crippen molar-refractivity contribution in [2.45, 2.75) is 63.2 Å². The first-order chi connectivity index (χ1) is 18.8. The molecule has 6 nitrogen and oxygen atoms in total. The zero-order chi connectivity index (χ0) is 27.6. The molecular formula is C31H40ClFN4O2. The number of aromatic nitrogens is 1. The number of anilines is 1. The van der Waals surface area contributed by atoms with Gasteiger partial charge in [-0.3, -0.25) is 9.59 Å². The number of nitrogens with zero attached hydrogens (tertiary/aromatic N) is 4. The van der Waals surface area contributed by atoms with Crippen molar-refractivity contribution in [2.75, 3.05) is 45.2 Å². The molecule has 1 aliphatic carbocycles. The van der Waals surface area contributed by atoms with Crippen LogP contribution in [0.2, 0.25) is 5.15 Å². The molecule has 2 aliphatic heterocycles. The van der Waals surface area contributed by atoms with E-state index in [-0.39, 0.29) is 22.8 Å². The number of carbonyl (C=O) groups is 2. The van der Waals surface area contributed by atoms with Gasteiger partial charge < -0.3 is 14.7 Å². The summed E-state index contributed by atoms with van der Waals surface area (Å²) in [6.07, 6.45) is 8.92. The van der Waals surface area contributed by atoms with Crippen molar-refractivity contribution in [1.82, 2.24) is 14.8 Å². The van der Waals surface area contributed by atoms with Crippen LogP contribution in [-0.4, -0.2) is 66.9 Å². The number of hydrogen-bond acceptors (Lipinski definition) is 4. The Morgan fingerprint density at radius 1 is 0.974 bits per heavy atom. The van der Waals surface area contributed by atoms with Crippen molar-refractivity contribution in [2.24, 2.45) is 11.8 Å². The molecule has 0 bridgehead atoms. The summed E-state index contributed by atoms with van der Waals surface area (Å²) < 4.78 is 14.8. The van der Waals surface area contributed by atoms with E-state index in [4.69, 9.17) is 11.6 Å². The zero-order valence-electron chi connectivity index (χ0n) is 23.2. The van der Waals surface area contributed by atoms with Gasteiger partial charge in [-0.2, -0.15) is 0 Å². The van der Waals surface area contributed by atoms with Gasteiger partial charge in [0.1, 0.15) is 16.8 Å². The molecule has 8 heteroatoms. The first kappa shape index (κ1) is 27.9. The molecule has 0 atom stereocenters. The van der Waals surface area contributed by atoms with E-state index in [1.165, 1.54) is 17.4 Å². The van der Waals surface area contributed by atoms with E-state index in [0.29, 0.717) is 23.0 Å². The number of piperidine rings is 2. The summed E-state index contributed by atoms with van der Waals surface area (Å²) in [5.41, 5.74) is 0.342. The molecule has 0 radical (unpaired) electrons. The highest BCUT2D eigenvalue weighted by Gasteiger charge is 2.47. The molecule has 1 aromatic heterocycles. The van der Waals surface area contributed by atoms with Crippen molar-refractivity contribution < 1.29 is 14.0 Å². The fourth-order valence-corrected chi connectivity index (χ4v) is 7.20. The average Bonchev–Trinajstić information content (AvgIpc) is 3.44. The molecule has 2 saturated heterocycles. The molecule has 2 amide bonds. The van der Waals surface area contributed by atoms with Gasteiger partial charge in [0.05, 0.1) is 11.0 Å². The maximum atomic E-state index is 14.8. The van der Waals surface area contributed by atoms with Crippen molar-refractivity contribution in [1.29, 1.82) is 0 Å². The number of carbonyl (C=O) groups excluding carboxylic acids is 2. The van der Waals surface area contributed by atoms with Gasteiger partial charge in [0, 0.05) is 45.8 Å². The Morgan fingerprint density at radius 3 is 2.18 bits per heavy atom. The predicted molar refractivity (Wildman–Crippen MR) is 153 cm³/mol. The standard InChI is InChI=1S/C31H40ClFN4O2/c1-35(2)29(38)24-9-10-27(34-28(24)32)36-17-11-22(12-18-36)21-23-13-19-37(20-14-23)30(39)31(15-5-6-16-31)25-7-3-4-8-26(25)33/h3-4,7-10,22-23H,5-6,11-21H2,1-2H3. The monoisotopic (exact) mass is 554 g/mol. The number of rotatable bonds is 6. The Hall–Kier alpha value is -2.67. The van der Waals surface area contributed by atoms with Crippen LogP contribution in [0, 0.1) is 17.7 Å². The minimum absolute atomic E-state index is 0.140. The maximum Gasteiger partial charge on any atom is 0.256 e. The largest absolute Gasteiger partial charge is 0.357 e. The Kier molecular flexibility index (Phi) is 8.46. The molecule has 1 saturated carbocycles. The molecule has 0 N–H and O–H groups in total. The van der Waals surface area contributed by atoms with Gasteiger partial charge in [-0.05, 0) is 75.0 Å². The Morgan fingerprint density at radius 2 is 1.59 bits per heavy atom. The van der Waals surface area contributed by atoms with Crippen LogP contribution in [-0.2, 0) is 10.2 Å². The molecule has 2 aromatic rings. The van der Waals surface area contributed by atoms with E-state index in [9.17, 15) is 14.0 Å². The summed E-state index contributed by atoms with van der Waals surface area (Å²) in [6, 6.07) is 10.5. The SMILES string of the molecule is CN(C)C(=O)c1ccc(N2CCC(CC3CCN(C(=O)C4(c5ccccc5F)CCCC4)CC3)CC2)nc1Cl. The van der Waals surface area contributed by atoms with Crippen molar-refractivity contribution in [3.63, 3.8) is 0 Å². The average molecular weight is 555 g/mol. The van der Waals surface area contributed by atoms with Crippen molar-refractivity contribution in [3.8, 4) is 0 Å². The van der Waals surface area contributed by atoms with Crippen LogP contribution in [0.3, 0.4) is 0 Å². The first-order valence-corrected chi connectivity index (χ1v) is 14.8. The number of amides is 2. The van der Waals surface area contributed by atoms with E-state index in [1.807, 2.05) is 23.1 Å². The molecule has 1 aromatic carbocycles. The molecular weight excluding hydrogens is 515 g/mol. The summed E-state index contributed by atoms with van der Waals surface area (Å²) in [5, 5.41) is 0.254. The third kappa shape index (κ3) is 5.79. The third-order valence-corrected chi connectivity index (χ3v) is 9.52. The molecule has 3 fully saturated rings. The predicted octanol–water partition coefficient (Wildman–Crippen LogP) is 5.93. The smallest absolute Gasteiger partial charge is 0.256 e. The normalized spacial score (nSPS) is 20.3. The van der Waals surface area contributed by atoms with E-state index in [0.717, 1.165) is 83.4 Å². The van der Waals surface area contributed by atoms with Crippen LogP contribution in [0.15, 0.2) is 36.4 Å². The van der Waals surface area contributed by atoms with E-state index < -0.39 is 5.41 Å². The van der Waals surface area contributed by atoms with Crippen LogP contribution in [0.25, 0.3) is 0 Å². The number of benzene rings is 1. The Labute approximate surface area is 236 Å². The quantitative estimate of drug-likeness (QED) is 0.415. The molecule has 3 aliphatic rings. The summed E-state index contributed by atoms with van der Waals surface area (Å²) in [6.45, 7) is 3.41. The fourth-order valence-electron chi connectivity index (χ4n) is 6.97. The maximum absolute atomic E-state index is 14.8. The topological polar surface area (TPSA) is 56.8 Å². The second kappa shape index (κ2) is 11.8. The van der Waals surface area contributed by atoms with Gasteiger partial charge in [-0.1, -0.05) is 42.6 Å². The highest BCUT2D eigenvalue weighted by molar-refractivity contribution is 6.32. The van der Waals surface area contributed by atoms with Crippen molar-refractivity contribution >= 4 is 29.2 Å². The van der Waals surface area contributed by atoms with Crippen LogP contribution < -0.4 is 4.90 Å². The molecule has 0 unspecified atom stereocenters. The van der Waals surface area contributed by atoms with Gasteiger partial charge in [0.2, 0.25) is 5.91 Å². The lowest BCUT2D eigenvalue weighted by Gasteiger charge is -2.40. The lowest BCUT2D eigenvalue weighted by molar-refractivity contribution is -0.139. The minimum atomic E-state index is -0.681. The van der Waals surface area contributed by atoms with Gasteiger partial charge in [-0.25, -0.2) is 9.37 Å². The van der Waals surface area contributed by atoms with Crippen molar-refractivity contribution in [3.05, 3.63) is 58.5 Å². The second-order valence-electron chi connectivity index (χ2n) is 11.9. The minimum Gasteiger partial charge on any atom is -0.357 e. The van der Waals surface area contributed by atoms with Crippen LogP contribution in [0.4, 0.5) is 10.2 Å². The summed E-state index contributed by atoms with van der Waals surface area (Å²) in [4.78, 5) is 36.3. The van der Waals surface area contributed by atoms with Gasteiger partial charge in [0.15, 0.2) is 0 Å². The highest BCUT2D eigenvalue weighted by Crippen LogP contribution is 2.44. The zero-order valence-corrected chi connectivity index (χ0v) is 23.9. The molecule has 5 rings (SSSR count). The number of halogens is 2. The van der Waals surface area contributed by atoms with Crippen LogP contribution >= 0.6 is 11.6 Å². The van der Waals surface area contributed by atoms with Crippen LogP contribution in [0.5, 0.6) is 0 Å². The third-order valence-electron chi connectivity index (χ3n) is 9.23. The van der Waals surface area contributed by atoms with Crippen LogP contribution in [0.1, 0.15) is 73.7 Å². The van der Waals surface area contributed by atoms with Gasteiger partial charge in [-0.15, -0.1) is 0 Å². The summed E-state index contributed by atoms with van der Waals surface area (Å²) in [7, 11) is 3.41. The number of likely N-dealkylation sites (tertiary alicyclic amines) is 1. The van der Waals surface area contributed by atoms with E-state index >= 15 is 0 Å². The molecule has 0 spiro atoms. The fraction of sp³-hybridized carbons (Fsp3) is 0.581. The van der Waals surface area contributed by atoms with E-state index in [1.54, 1.807) is 26.2 Å². The molecule has 210 valence electrons. The molecule has 3 heterocycles. The summed E-state index contributed by atoms with van der Waals surface area (Å²) >= 11 is 6.34. The Bertz CT molecular complexity index is 1180.